The molecule has 0 fully saturated rings. The van der Waals surface area contributed by atoms with E-state index in [1.54, 1.807) is 22.9 Å². The number of nitriles is 1. The molecule has 0 atom stereocenters. The Bertz CT molecular complexity index is 681. The van der Waals surface area contributed by atoms with E-state index in [0.29, 0.717) is 22.4 Å². The highest BCUT2D eigenvalue weighted by Gasteiger charge is 2.16. The van der Waals surface area contributed by atoms with E-state index < -0.39 is 5.97 Å². The van der Waals surface area contributed by atoms with E-state index >= 15 is 0 Å². The van der Waals surface area contributed by atoms with Crippen LogP contribution in [0.4, 0.5) is 0 Å². The predicted octanol–water partition coefficient (Wildman–Crippen LogP) is 2.79. The number of nitrogens with zero attached hydrogens (tertiary/aromatic N) is 3. The van der Waals surface area contributed by atoms with Gasteiger partial charge < -0.3 is 4.74 Å². The van der Waals surface area contributed by atoms with Crippen LogP contribution in [-0.2, 0) is 4.74 Å². The summed E-state index contributed by atoms with van der Waals surface area (Å²) >= 11 is 0. The zero-order chi connectivity index (χ0) is 14.7. The fourth-order valence-electron chi connectivity index (χ4n) is 1.88. The van der Waals surface area contributed by atoms with Gasteiger partial charge in [0.2, 0.25) is 0 Å². The third-order valence-electron chi connectivity index (χ3n) is 2.97. The van der Waals surface area contributed by atoms with Gasteiger partial charge >= 0.3 is 5.97 Å². The Labute approximate surface area is 117 Å². The minimum absolute atomic E-state index is 0.226. The van der Waals surface area contributed by atoms with Crippen LogP contribution in [0, 0.1) is 11.3 Å². The maximum Gasteiger partial charge on any atom is 0.338 e. The lowest BCUT2D eigenvalue weighted by atomic mass is 10.0. The van der Waals surface area contributed by atoms with Crippen molar-refractivity contribution >= 4 is 5.97 Å². The summed E-state index contributed by atoms with van der Waals surface area (Å²) in [7, 11) is 1.33. The summed E-state index contributed by atoms with van der Waals surface area (Å²) < 4.78 is 6.57. The second-order valence-electron chi connectivity index (χ2n) is 4.64. The van der Waals surface area contributed by atoms with E-state index in [9.17, 15) is 4.79 Å². The molecule has 0 bridgehead atoms. The maximum atomic E-state index is 11.8. The Morgan fingerprint density at radius 1 is 1.40 bits per heavy atom. The van der Waals surface area contributed by atoms with Gasteiger partial charge in [-0.1, -0.05) is 0 Å². The van der Waals surface area contributed by atoms with Crippen molar-refractivity contribution in [1.29, 1.82) is 5.26 Å². The first-order valence-corrected chi connectivity index (χ1v) is 6.24. The minimum atomic E-state index is -0.441. The number of rotatable bonds is 3. The summed E-state index contributed by atoms with van der Waals surface area (Å²) in [6, 6.07) is 8.95. The molecule has 0 aliphatic heterocycles. The van der Waals surface area contributed by atoms with Gasteiger partial charge in [-0.15, -0.1) is 0 Å². The number of ether oxygens (including phenoxy) is 1. The molecule has 0 amide bonds. The zero-order valence-corrected chi connectivity index (χ0v) is 11.6. The summed E-state index contributed by atoms with van der Waals surface area (Å²) in [4.78, 5) is 11.8. The summed E-state index contributed by atoms with van der Waals surface area (Å²) in [6.45, 7) is 4.04. The van der Waals surface area contributed by atoms with Gasteiger partial charge in [-0.2, -0.15) is 10.4 Å². The molecular weight excluding hydrogens is 254 g/mol. The van der Waals surface area contributed by atoms with Gasteiger partial charge in [-0.3, -0.25) is 4.68 Å². The maximum absolute atomic E-state index is 11.8. The Morgan fingerprint density at radius 3 is 2.70 bits per heavy atom. The fraction of sp³-hybridized carbons (Fsp3) is 0.267. The molecule has 5 heteroatoms. The lowest BCUT2D eigenvalue weighted by molar-refractivity contribution is 0.0601. The highest BCUT2D eigenvalue weighted by Crippen LogP contribution is 2.25. The molecule has 0 unspecified atom stereocenters. The van der Waals surface area contributed by atoms with Gasteiger partial charge in [-0.25, -0.2) is 4.79 Å². The molecule has 1 aromatic carbocycles. The molecule has 1 aromatic heterocycles. The van der Waals surface area contributed by atoms with E-state index in [-0.39, 0.29) is 6.04 Å². The highest BCUT2D eigenvalue weighted by atomic mass is 16.5. The number of hydrogen-bond acceptors (Lipinski definition) is 4. The number of methoxy groups -OCH3 is 1. The van der Waals surface area contributed by atoms with Crippen molar-refractivity contribution in [2.45, 2.75) is 19.9 Å². The smallest absolute Gasteiger partial charge is 0.338 e. The third kappa shape index (κ3) is 2.54. The average molecular weight is 269 g/mol. The predicted molar refractivity (Wildman–Crippen MR) is 74.1 cm³/mol. The molecular formula is C15H15N3O2. The van der Waals surface area contributed by atoms with Crippen LogP contribution in [0.25, 0.3) is 11.3 Å². The molecule has 0 aliphatic carbocycles. The molecule has 0 radical (unpaired) electrons. The number of hydrogen-bond donors (Lipinski definition) is 0. The first-order chi connectivity index (χ1) is 9.56. The third-order valence-corrected chi connectivity index (χ3v) is 2.97. The number of aromatic nitrogens is 2. The Kier molecular flexibility index (Phi) is 3.85. The van der Waals surface area contributed by atoms with Gasteiger partial charge in [0.25, 0.3) is 0 Å². The van der Waals surface area contributed by atoms with Gasteiger partial charge in [0.1, 0.15) is 0 Å². The second kappa shape index (κ2) is 5.57. The topological polar surface area (TPSA) is 67.9 Å². The summed E-state index contributed by atoms with van der Waals surface area (Å²) in [5, 5.41) is 13.4. The zero-order valence-electron chi connectivity index (χ0n) is 11.6. The van der Waals surface area contributed by atoms with Crippen molar-refractivity contribution < 1.29 is 9.53 Å². The van der Waals surface area contributed by atoms with E-state index in [1.807, 2.05) is 26.1 Å². The van der Waals surface area contributed by atoms with Crippen molar-refractivity contribution in [3.8, 4) is 17.3 Å². The summed E-state index contributed by atoms with van der Waals surface area (Å²) in [5.41, 5.74) is 2.14. The molecule has 0 saturated carbocycles. The molecule has 0 spiro atoms. The Morgan fingerprint density at radius 2 is 2.15 bits per heavy atom. The van der Waals surface area contributed by atoms with Gasteiger partial charge in [0.15, 0.2) is 0 Å². The van der Waals surface area contributed by atoms with Gasteiger partial charge in [0, 0.05) is 17.8 Å². The lowest BCUT2D eigenvalue weighted by Crippen LogP contribution is -2.05. The SMILES string of the molecule is COC(=O)c1ccc(C#N)cc1-c1ccn(C(C)C)n1. The largest absolute Gasteiger partial charge is 0.465 e. The van der Waals surface area contributed by atoms with Crippen LogP contribution in [0.3, 0.4) is 0 Å². The fourth-order valence-corrected chi connectivity index (χ4v) is 1.88. The van der Waals surface area contributed by atoms with Crippen molar-refractivity contribution in [1.82, 2.24) is 9.78 Å². The monoisotopic (exact) mass is 269 g/mol. The number of benzene rings is 1. The quantitative estimate of drug-likeness (QED) is 0.803. The standard InChI is InChI=1S/C15H15N3O2/c1-10(2)18-7-6-14(17-18)13-8-11(9-16)4-5-12(13)15(19)20-3/h4-8,10H,1-3H3. The van der Waals surface area contributed by atoms with E-state index in [1.165, 1.54) is 7.11 Å². The lowest BCUT2D eigenvalue weighted by Gasteiger charge is -2.07. The second-order valence-corrected chi connectivity index (χ2v) is 4.64. The molecule has 0 aliphatic rings. The van der Waals surface area contributed by atoms with Gasteiger partial charge in [-0.05, 0) is 38.1 Å². The molecule has 2 rings (SSSR count). The molecule has 5 nitrogen and oxygen atoms in total. The van der Waals surface area contributed by atoms with Crippen LogP contribution in [0.5, 0.6) is 0 Å². The van der Waals surface area contributed by atoms with Crippen molar-refractivity contribution in [2.75, 3.05) is 7.11 Å². The normalized spacial score (nSPS) is 10.3. The van der Waals surface area contributed by atoms with Crippen LogP contribution < -0.4 is 0 Å². The Hall–Kier alpha value is -2.61. The summed E-state index contributed by atoms with van der Waals surface area (Å²) in [5.74, 6) is -0.441. The van der Waals surface area contributed by atoms with Crippen LogP contribution in [-0.4, -0.2) is 22.9 Å². The minimum Gasteiger partial charge on any atom is -0.465 e. The molecule has 2 aromatic rings. The van der Waals surface area contributed by atoms with Crippen molar-refractivity contribution in [2.24, 2.45) is 0 Å². The highest BCUT2D eigenvalue weighted by molar-refractivity contribution is 5.97. The first kappa shape index (κ1) is 13.8. The summed E-state index contributed by atoms with van der Waals surface area (Å²) in [6.07, 6.45) is 1.85. The van der Waals surface area contributed by atoms with Crippen LogP contribution in [0.2, 0.25) is 0 Å². The van der Waals surface area contributed by atoms with Crippen molar-refractivity contribution in [3.05, 3.63) is 41.6 Å². The van der Waals surface area contributed by atoms with Gasteiger partial charge in [0.05, 0.1) is 30.0 Å². The van der Waals surface area contributed by atoms with E-state index in [0.717, 1.165) is 0 Å². The van der Waals surface area contributed by atoms with E-state index in [4.69, 9.17) is 10.00 Å². The first-order valence-electron chi connectivity index (χ1n) is 6.24. The van der Waals surface area contributed by atoms with E-state index in [2.05, 4.69) is 11.2 Å². The molecule has 0 N–H and O–H groups in total. The molecule has 20 heavy (non-hydrogen) atoms. The van der Waals surface area contributed by atoms with Crippen LogP contribution in [0.1, 0.15) is 35.8 Å². The number of carbonyl (C=O) groups excluding carboxylic acids is 1. The molecule has 0 saturated heterocycles. The molecule has 1 heterocycles. The van der Waals surface area contributed by atoms with Crippen LogP contribution in [0.15, 0.2) is 30.5 Å². The number of esters is 1. The number of carbonyl (C=O) groups is 1. The Balaban J connectivity index is 2.57. The molecule has 102 valence electrons. The average Bonchev–Trinajstić information content (AvgIpc) is 2.95. The van der Waals surface area contributed by atoms with Crippen molar-refractivity contribution in [3.63, 3.8) is 0 Å². The van der Waals surface area contributed by atoms with Crippen LogP contribution >= 0.6 is 0 Å².